The van der Waals surface area contributed by atoms with Gasteiger partial charge in [0.2, 0.25) is 0 Å². The van der Waals surface area contributed by atoms with Gasteiger partial charge in [-0.3, -0.25) is 4.40 Å². The van der Waals surface area contributed by atoms with Crippen molar-refractivity contribution in [1.29, 1.82) is 0 Å². The summed E-state index contributed by atoms with van der Waals surface area (Å²) in [5, 5.41) is 2.37. The lowest BCUT2D eigenvalue weighted by Gasteiger charge is -2.22. The van der Waals surface area contributed by atoms with E-state index in [4.69, 9.17) is 4.98 Å². The molecule has 1 aliphatic heterocycles. The molecule has 23 heavy (non-hydrogen) atoms. The largest absolute Gasteiger partial charge is 0.337 e. The lowest BCUT2D eigenvalue weighted by molar-refractivity contribution is -0.958. The summed E-state index contributed by atoms with van der Waals surface area (Å²) in [7, 11) is 0. The van der Waals surface area contributed by atoms with Gasteiger partial charge in [0.1, 0.15) is 49.9 Å². The number of hydrogen-bond donors (Lipinski definition) is 2. The van der Waals surface area contributed by atoms with Crippen LogP contribution in [0, 0.1) is 5.82 Å². The van der Waals surface area contributed by atoms with Crippen molar-refractivity contribution in [3.05, 3.63) is 60.2 Å². The number of nitrogens with two attached hydrogens (primary N) is 1. The topological polar surface area (TPSA) is 38.4 Å². The van der Waals surface area contributed by atoms with Crippen molar-refractivity contribution >= 4 is 5.65 Å². The summed E-state index contributed by atoms with van der Waals surface area (Å²) < 4.78 is 15.4. The van der Waals surface area contributed by atoms with Crippen LogP contribution in [-0.4, -0.2) is 35.6 Å². The van der Waals surface area contributed by atoms with Gasteiger partial charge in [0.25, 0.3) is 0 Å². The Bertz CT molecular complexity index is 804. The van der Waals surface area contributed by atoms with Gasteiger partial charge in [0, 0.05) is 11.8 Å². The molecule has 3 heterocycles. The zero-order valence-electron chi connectivity index (χ0n) is 13.0. The number of fused-ring (bicyclic) bond motifs is 1. The number of rotatable bonds is 3. The Labute approximate surface area is 134 Å². The van der Waals surface area contributed by atoms with Crippen LogP contribution in [0.5, 0.6) is 0 Å². The Morgan fingerprint density at radius 2 is 1.87 bits per heavy atom. The lowest BCUT2D eigenvalue weighted by Crippen LogP contribution is -3.19. The van der Waals surface area contributed by atoms with Crippen LogP contribution in [0.3, 0.4) is 0 Å². The predicted molar refractivity (Wildman–Crippen MR) is 86.6 cm³/mol. The molecule has 1 aromatic carbocycles. The third-order valence-corrected chi connectivity index (χ3v) is 4.57. The lowest BCUT2D eigenvalue weighted by atomic mass is 10.1. The van der Waals surface area contributed by atoms with Gasteiger partial charge in [-0.25, -0.2) is 9.37 Å². The number of hydrogen-bond acceptors (Lipinski definition) is 1. The van der Waals surface area contributed by atoms with Crippen molar-refractivity contribution in [3.63, 3.8) is 0 Å². The third-order valence-electron chi connectivity index (χ3n) is 4.57. The van der Waals surface area contributed by atoms with Gasteiger partial charge in [-0.15, -0.1) is 0 Å². The zero-order chi connectivity index (χ0) is 15.6. The Kier molecular flexibility index (Phi) is 3.81. The van der Waals surface area contributed by atoms with Crippen molar-refractivity contribution in [2.24, 2.45) is 0 Å². The highest BCUT2D eigenvalue weighted by molar-refractivity contribution is 5.66. The fourth-order valence-corrected chi connectivity index (χ4v) is 3.35. The molecule has 1 fully saturated rings. The molecule has 5 heteroatoms. The molecule has 0 aliphatic carbocycles. The van der Waals surface area contributed by atoms with E-state index in [1.165, 1.54) is 44.0 Å². The summed E-state index contributed by atoms with van der Waals surface area (Å²) in [5.41, 5.74) is 4.11. The first kappa shape index (κ1) is 14.4. The fourth-order valence-electron chi connectivity index (χ4n) is 3.35. The molecular formula is C18H21FN4+2. The van der Waals surface area contributed by atoms with Crippen LogP contribution >= 0.6 is 0 Å². The minimum Gasteiger partial charge on any atom is -0.337 e. The van der Waals surface area contributed by atoms with Gasteiger partial charge in [-0.2, -0.15) is 0 Å². The highest BCUT2D eigenvalue weighted by Crippen LogP contribution is 2.24. The fraction of sp³-hybridized carbons (Fsp3) is 0.278. The number of piperazine rings is 1. The van der Waals surface area contributed by atoms with Gasteiger partial charge in [-0.1, -0.05) is 6.07 Å². The summed E-state index contributed by atoms with van der Waals surface area (Å²) in [6, 6.07) is 12.7. The SMILES string of the molecule is Fc1ccc(-c2nc3ccccn3c2C[NH+]2CC[NH2+]CC2)cc1. The average Bonchev–Trinajstić information content (AvgIpc) is 2.95. The monoisotopic (exact) mass is 312 g/mol. The Morgan fingerprint density at radius 3 is 2.65 bits per heavy atom. The number of pyridine rings is 1. The molecule has 0 unspecified atom stereocenters. The molecule has 0 amide bonds. The minimum atomic E-state index is -0.212. The number of aromatic nitrogens is 2. The molecule has 3 aromatic rings. The second-order valence-corrected chi connectivity index (χ2v) is 6.14. The Balaban J connectivity index is 1.79. The van der Waals surface area contributed by atoms with Crippen molar-refractivity contribution in [1.82, 2.24) is 9.38 Å². The van der Waals surface area contributed by atoms with Crippen LogP contribution < -0.4 is 10.2 Å². The second-order valence-electron chi connectivity index (χ2n) is 6.14. The van der Waals surface area contributed by atoms with E-state index in [9.17, 15) is 4.39 Å². The van der Waals surface area contributed by atoms with Gasteiger partial charge in [0.15, 0.2) is 0 Å². The third kappa shape index (κ3) is 2.85. The molecule has 3 N–H and O–H groups in total. The smallest absolute Gasteiger partial charge is 0.137 e. The Morgan fingerprint density at radius 1 is 1.09 bits per heavy atom. The van der Waals surface area contributed by atoms with Crippen molar-refractivity contribution in [3.8, 4) is 11.3 Å². The van der Waals surface area contributed by atoms with Crippen LogP contribution in [-0.2, 0) is 6.54 Å². The number of benzene rings is 1. The molecule has 0 spiro atoms. The summed E-state index contributed by atoms with van der Waals surface area (Å²) in [5.74, 6) is -0.212. The summed E-state index contributed by atoms with van der Waals surface area (Å²) in [6.07, 6.45) is 2.07. The van der Waals surface area contributed by atoms with Crippen LogP contribution in [0.1, 0.15) is 5.69 Å². The Hall–Kier alpha value is -2.24. The number of imidazole rings is 1. The summed E-state index contributed by atoms with van der Waals surface area (Å²) in [6.45, 7) is 5.65. The van der Waals surface area contributed by atoms with E-state index in [0.29, 0.717) is 0 Å². The predicted octanol–water partition coefficient (Wildman–Crippen LogP) is 0.102. The molecule has 2 aromatic heterocycles. The standard InChI is InChI=1S/C18H19FN4/c19-15-6-4-14(5-7-15)18-16(13-22-11-8-20-9-12-22)23-10-2-1-3-17(23)21-18/h1-7,10,20H,8-9,11-13H2/p+2. The van der Waals surface area contributed by atoms with E-state index in [2.05, 4.69) is 15.9 Å². The average molecular weight is 312 g/mol. The maximum atomic E-state index is 13.2. The van der Waals surface area contributed by atoms with E-state index >= 15 is 0 Å². The number of halogens is 1. The van der Waals surface area contributed by atoms with Gasteiger partial charge in [0.05, 0.1) is 5.69 Å². The molecule has 118 valence electrons. The summed E-state index contributed by atoms with van der Waals surface area (Å²) in [4.78, 5) is 6.38. The van der Waals surface area contributed by atoms with Gasteiger partial charge in [-0.05, 0) is 36.4 Å². The van der Waals surface area contributed by atoms with Crippen molar-refractivity contribution in [2.45, 2.75) is 6.54 Å². The van der Waals surface area contributed by atoms with E-state index in [1.54, 1.807) is 4.90 Å². The normalized spacial score (nSPS) is 16.0. The molecule has 4 nitrogen and oxygen atoms in total. The molecule has 0 saturated carbocycles. The highest BCUT2D eigenvalue weighted by atomic mass is 19.1. The molecule has 0 bridgehead atoms. The van der Waals surface area contributed by atoms with E-state index < -0.39 is 0 Å². The molecule has 0 atom stereocenters. The molecule has 0 radical (unpaired) electrons. The minimum absolute atomic E-state index is 0.212. The van der Waals surface area contributed by atoms with Crippen molar-refractivity contribution < 1.29 is 14.6 Å². The zero-order valence-corrected chi connectivity index (χ0v) is 13.0. The highest BCUT2D eigenvalue weighted by Gasteiger charge is 2.22. The van der Waals surface area contributed by atoms with E-state index in [1.807, 2.05) is 30.3 Å². The van der Waals surface area contributed by atoms with Crippen LogP contribution in [0.4, 0.5) is 4.39 Å². The maximum Gasteiger partial charge on any atom is 0.137 e. The first-order chi connectivity index (χ1) is 11.3. The van der Waals surface area contributed by atoms with E-state index in [-0.39, 0.29) is 5.82 Å². The van der Waals surface area contributed by atoms with Gasteiger partial charge < -0.3 is 10.2 Å². The number of nitrogens with zero attached hydrogens (tertiary/aromatic N) is 2. The van der Waals surface area contributed by atoms with Crippen LogP contribution in [0.2, 0.25) is 0 Å². The number of nitrogens with one attached hydrogen (secondary N) is 1. The second kappa shape index (κ2) is 6.10. The molecular weight excluding hydrogens is 291 g/mol. The van der Waals surface area contributed by atoms with Crippen LogP contribution in [0.15, 0.2) is 48.7 Å². The summed E-state index contributed by atoms with van der Waals surface area (Å²) >= 11 is 0. The van der Waals surface area contributed by atoms with E-state index in [0.717, 1.165) is 23.4 Å². The first-order valence-corrected chi connectivity index (χ1v) is 8.18. The molecule has 1 saturated heterocycles. The first-order valence-electron chi connectivity index (χ1n) is 8.18. The quantitative estimate of drug-likeness (QED) is 0.707. The van der Waals surface area contributed by atoms with Crippen LogP contribution in [0.25, 0.3) is 16.9 Å². The van der Waals surface area contributed by atoms with Crippen molar-refractivity contribution in [2.75, 3.05) is 26.2 Å². The van der Waals surface area contributed by atoms with Gasteiger partial charge >= 0.3 is 0 Å². The number of quaternary nitrogens is 2. The molecule has 4 rings (SSSR count). The molecule has 1 aliphatic rings. The maximum absolute atomic E-state index is 13.2.